The number of aliphatic carboxylic acids is 1. The topological polar surface area (TPSA) is 95.9 Å². The second-order valence-electron chi connectivity index (χ2n) is 8.03. The average Bonchev–Trinajstić information content (AvgIpc) is 3.23. The van der Waals surface area contributed by atoms with Crippen LogP contribution in [0.1, 0.15) is 56.9 Å². The van der Waals surface area contributed by atoms with Crippen LogP contribution in [-0.2, 0) is 20.9 Å². The summed E-state index contributed by atoms with van der Waals surface area (Å²) in [5, 5.41) is 12.1. The Morgan fingerprint density at radius 1 is 1.07 bits per heavy atom. The highest BCUT2D eigenvalue weighted by atomic mass is 16.5. The summed E-state index contributed by atoms with van der Waals surface area (Å²) in [5.74, 6) is -0.936. The molecule has 2 N–H and O–H groups in total. The molecule has 0 radical (unpaired) electrons. The van der Waals surface area contributed by atoms with Crippen molar-refractivity contribution in [3.63, 3.8) is 0 Å². The minimum Gasteiger partial charge on any atom is -0.480 e. The molecule has 7 heteroatoms. The summed E-state index contributed by atoms with van der Waals surface area (Å²) in [6, 6.07) is 7.79. The molecule has 1 aliphatic carbocycles. The molecule has 2 fully saturated rings. The monoisotopic (exact) mass is 402 g/mol. The fraction of sp³-hybridized carbons (Fsp3) is 0.591. The molecule has 1 saturated heterocycles. The molecule has 1 saturated carbocycles. The van der Waals surface area contributed by atoms with Gasteiger partial charge in [0.25, 0.3) is 0 Å². The number of ether oxygens (including phenoxy) is 1. The number of rotatable bonds is 7. The van der Waals surface area contributed by atoms with E-state index in [-0.39, 0.29) is 12.5 Å². The Morgan fingerprint density at radius 3 is 2.48 bits per heavy atom. The Balaban J connectivity index is 1.64. The number of carbonyl (C=O) groups excluding carboxylic acids is 2. The SMILES string of the molecule is O=C(N[C@H](CC1CCCCC1)C(=O)N1CCC[C@H]1C(=O)O)OCc1ccccc1. The Hall–Kier alpha value is -2.57. The van der Waals surface area contributed by atoms with Crippen molar-refractivity contribution >= 4 is 18.0 Å². The molecule has 29 heavy (non-hydrogen) atoms. The first-order chi connectivity index (χ1) is 14.0. The van der Waals surface area contributed by atoms with E-state index in [0.29, 0.717) is 31.7 Å². The van der Waals surface area contributed by atoms with Crippen LogP contribution in [-0.4, -0.2) is 46.6 Å². The van der Waals surface area contributed by atoms with Crippen LogP contribution in [0.5, 0.6) is 0 Å². The van der Waals surface area contributed by atoms with Gasteiger partial charge < -0.3 is 20.1 Å². The molecule has 7 nitrogen and oxygen atoms in total. The van der Waals surface area contributed by atoms with Crippen molar-refractivity contribution in [3.8, 4) is 0 Å². The lowest BCUT2D eigenvalue weighted by Gasteiger charge is -2.30. The van der Waals surface area contributed by atoms with E-state index in [9.17, 15) is 19.5 Å². The molecule has 0 spiro atoms. The van der Waals surface area contributed by atoms with Crippen LogP contribution in [0.3, 0.4) is 0 Å². The third-order valence-electron chi connectivity index (χ3n) is 5.92. The van der Waals surface area contributed by atoms with E-state index in [4.69, 9.17) is 4.74 Å². The van der Waals surface area contributed by atoms with E-state index in [2.05, 4.69) is 5.32 Å². The highest BCUT2D eigenvalue weighted by molar-refractivity contribution is 5.89. The largest absolute Gasteiger partial charge is 0.480 e. The summed E-state index contributed by atoms with van der Waals surface area (Å²) in [5.41, 5.74) is 0.864. The van der Waals surface area contributed by atoms with Crippen molar-refractivity contribution in [1.29, 1.82) is 0 Å². The zero-order valence-electron chi connectivity index (χ0n) is 16.7. The molecule has 2 amide bonds. The van der Waals surface area contributed by atoms with E-state index >= 15 is 0 Å². The van der Waals surface area contributed by atoms with Crippen LogP contribution >= 0.6 is 0 Å². The van der Waals surface area contributed by atoms with E-state index in [1.807, 2.05) is 30.3 Å². The van der Waals surface area contributed by atoms with Crippen LogP contribution in [0.25, 0.3) is 0 Å². The molecule has 0 aromatic heterocycles. The van der Waals surface area contributed by atoms with Crippen LogP contribution in [0, 0.1) is 5.92 Å². The predicted molar refractivity (Wildman–Crippen MR) is 107 cm³/mol. The van der Waals surface area contributed by atoms with Gasteiger partial charge in [-0.05, 0) is 30.7 Å². The predicted octanol–water partition coefficient (Wildman–Crippen LogP) is 3.33. The Labute approximate surface area is 171 Å². The Kier molecular flexibility index (Phi) is 7.49. The Morgan fingerprint density at radius 2 is 1.79 bits per heavy atom. The fourth-order valence-corrected chi connectivity index (χ4v) is 4.37. The molecule has 1 aromatic carbocycles. The van der Waals surface area contributed by atoms with Crippen molar-refractivity contribution in [2.45, 2.75) is 70.1 Å². The standard InChI is InChI=1S/C22H30N2O5/c25-20(24-13-7-12-19(24)21(26)27)18(14-16-8-3-1-4-9-16)23-22(28)29-15-17-10-5-2-6-11-17/h2,5-6,10-11,16,18-19H,1,3-4,7-9,12-15H2,(H,23,28)(H,26,27)/t18-,19+/m1/s1. The average molecular weight is 402 g/mol. The van der Waals surface area contributed by atoms with E-state index in [1.54, 1.807) is 0 Å². The van der Waals surface area contributed by atoms with Gasteiger partial charge in [-0.1, -0.05) is 62.4 Å². The zero-order chi connectivity index (χ0) is 20.6. The van der Waals surface area contributed by atoms with Gasteiger partial charge in [-0.3, -0.25) is 4.79 Å². The van der Waals surface area contributed by atoms with Crippen LogP contribution < -0.4 is 5.32 Å². The molecule has 0 bridgehead atoms. The highest BCUT2D eigenvalue weighted by Crippen LogP contribution is 2.29. The Bertz CT molecular complexity index is 702. The zero-order valence-corrected chi connectivity index (χ0v) is 16.7. The number of amides is 2. The van der Waals surface area contributed by atoms with Crippen molar-refractivity contribution < 1.29 is 24.2 Å². The van der Waals surface area contributed by atoms with Gasteiger partial charge in [-0.2, -0.15) is 0 Å². The molecule has 1 aliphatic heterocycles. The van der Waals surface area contributed by atoms with Crippen molar-refractivity contribution in [2.75, 3.05) is 6.54 Å². The molecular weight excluding hydrogens is 372 g/mol. The summed E-state index contributed by atoms with van der Waals surface area (Å²) < 4.78 is 5.30. The minimum absolute atomic E-state index is 0.123. The maximum atomic E-state index is 13.1. The third-order valence-corrected chi connectivity index (χ3v) is 5.92. The number of likely N-dealkylation sites (tertiary alicyclic amines) is 1. The van der Waals surface area contributed by atoms with Gasteiger partial charge in [0, 0.05) is 6.54 Å². The van der Waals surface area contributed by atoms with Crippen molar-refractivity contribution in [1.82, 2.24) is 10.2 Å². The normalized spacial score (nSPS) is 20.8. The van der Waals surface area contributed by atoms with E-state index in [1.165, 1.54) is 11.3 Å². The first-order valence-electron chi connectivity index (χ1n) is 10.5. The molecular formula is C22H30N2O5. The van der Waals surface area contributed by atoms with E-state index < -0.39 is 24.1 Å². The number of hydrogen-bond donors (Lipinski definition) is 2. The molecule has 3 rings (SSSR count). The molecule has 1 aromatic rings. The lowest BCUT2D eigenvalue weighted by molar-refractivity contribution is -0.149. The number of carboxylic acids is 1. The van der Waals surface area contributed by atoms with Gasteiger partial charge in [0.15, 0.2) is 0 Å². The van der Waals surface area contributed by atoms with Gasteiger partial charge in [-0.25, -0.2) is 9.59 Å². The lowest BCUT2D eigenvalue weighted by Crippen LogP contribution is -2.52. The summed E-state index contributed by atoms with van der Waals surface area (Å²) in [6.07, 6.45) is 6.54. The molecule has 1 heterocycles. The number of hydrogen-bond acceptors (Lipinski definition) is 4. The van der Waals surface area contributed by atoms with Crippen molar-refractivity contribution in [3.05, 3.63) is 35.9 Å². The maximum Gasteiger partial charge on any atom is 0.408 e. The fourth-order valence-electron chi connectivity index (χ4n) is 4.37. The second kappa shape index (κ2) is 10.3. The first kappa shape index (κ1) is 21.1. The number of alkyl carbamates (subject to hydrolysis) is 1. The number of benzene rings is 1. The van der Waals surface area contributed by atoms with Gasteiger partial charge >= 0.3 is 12.1 Å². The quantitative estimate of drug-likeness (QED) is 0.729. The number of carboxylic acid groups (broad SMARTS) is 1. The first-order valence-corrected chi connectivity index (χ1v) is 10.5. The van der Waals surface area contributed by atoms with Crippen molar-refractivity contribution in [2.24, 2.45) is 5.92 Å². The van der Waals surface area contributed by atoms with Crippen LogP contribution in [0.4, 0.5) is 4.79 Å². The lowest BCUT2D eigenvalue weighted by atomic mass is 9.84. The summed E-state index contributed by atoms with van der Waals surface area (Å²) >= 11 is 0. The van der Waals surface area contributed by atoms with Crippen LogP contribution in [0.2, 0.25) is 0 Å². The summed E-state index contributed by atoms with van der Waals surface area (Å²) in [6.45, 7) is 0.538. The van der Waals surface area contributed by atoms with Gasteiger partial charge in [0.05, 0.1) is 0 Å². The molecule has 2 atom stereocenters. The highest BCUT2D eigenvalue weighted by Gasteiger charge is 2.38. The van der Waals surface area contributed by atoms with Gasteiger partial charge in [0.2, 0.25) is 5.91 Å². The molecule has 0 unspecified atom stereocenters. The van der Waals surface area contributed by atoms with Gasteiger partial charge in [0.1, 0.15) is 18.7 Å². The van der Waals surface area contributed by atoms with E-state index in [0.717, 1.165) is 31.2 Å². The second-order valence-corrected chi connectivity index (χ2v) is 8.03. The number of nitrogens with zero attached hydrogens (tertiary/aromatic N) is 1. The molecule has 2 aliphatic rings. The number of carbonyl (C=O) groups is 3. The summed E-state index contributed by atoms with van der Waals surface area (Å²) in [4.78, 5) is 38.4. The maximum absolute atomic E-state index is 13.1. The van der Waals surface area contributed by atoms with Gasteiger partial charge in [-0.15, -0.1) is 0 Å². The third kappa shape index (κ3) is 5.95. The van der Waals surface area contributed by atoms with Crippen LogP contribution in [0.15, 0.2) is 30.3 Å². The number of nitrogens with one attached hydrogen (secondary N) is 1. The molecule has 158 valence electrons. The minimum atomic E-state index is -0.987. The summed E-state index contributed by atoms with van der Waals surface area (Å²) in [7, 11) is 0. The smallest absolute Gasteiger partial charge is 0.408 e.